The average molecular weight is 805 g/mol. The minimum absolute atomic E-state index is 0.108. The highest BCUT2D eigenvalue weighted by Gasteiger charge is 2.35. The van der Waals surface area contributed by atoms with Gasteiger partial charge in [-0.3, -0.25) is 0 Å². The standard InChI is InChI=1S/C61H44N2/c1-61(2)56-24-11-8-21-52(56)53-37-36-48(40-57(53)61)62(46-32-27-42(28-33-46)41-15-4-3-5-16-41)47-34-29-44(30-35-47)51-20-9-12-25-58(51)63-59-26-13-10-22-54(59)55-39-45(31-38-60(55)63)50-23-14-18-43-17-6-7-19-49(43)50/h3-40H,1-2H3. The minimum atomic E-state index is -0.108. The van der Waals surface area contributed by atoms with E-state index in [9.17, 15) is 0 Å². The first-order chi connectivity index (χ1) is 31.0. The van der Waals surface area contributed by atoms with E-state index in [-0.39, 0.29) is 5.41 Å². The molecule has 0 fully saturated rings. The smallest absolute Gasteiger partial charge is 0.0541 e. The van der Waals surface area contributed by atoms with E-state index in [2.05, 4.69) is 254 Å². The van der Waals surface area contributed by atoms with Crippen LogP contribution in [0.5, 0.6) is 0 Å². The van der Waals surface area contributed by atoms with Gasteiger partial charge >= 0.3 is 0 Å². The van der Waals surface area contributed by atoms with Gasteiger partial charge in [0, 0.05) is 38.8 Å². The Balaban J connectivity index is 0.967. The maximum absolute atomic E-state index is 2.45. The highest BCUT2D eigenvalue weighted by atomic mass is 15.1. The fraction of sp³-hybridized carbons (Fsp3) is 0.0492. The highest BCUT2D eigenvalue weighted by molar-refractivity contribution is 6.12. The summed E-state index contributed by atoms with van der Waals surface area (Å²) in [5, 5.41) is 5.01. The number of aromatic nitrogens is 1. The fourth-order valence-corrected chi connectivity index (χ4v) is 10.3. The summed E-state index contributed by atoms with van der Waals surface area (Å²) in [5.41, 5.74) is 19.4. The van der Waals surface area contributed by atoms with Gasteiger partial charge in [0.15, 0.2) is 0 Å². The predicted octanol–water partition coefficient (Wildman–Crippen LogP) is 16.7. The monoisotopic (exact) mass is 804 g/mol. The van der Waals surface area contributed by atoms with E-state index in [0.29, 0.717) is 0 Å². The Labute approximate surface area is 368 Å². The van der Waals surface area contributed by atoms with Crippen molar-refractivity contribution in [1.29, 1.82) is 0 Å². The Bertz CT molecular complexity index is 3510. The van der Waals surface area contributed by atoms with E-state index in [1.54, 1.807) is 0 Å². The summed E-state index contributed by atoms with van der Waals surface area (Å²) in [6.45, 7) is 4.71. The Morgan fingerprint density at radius 1 is 0.333 bits per heavy atom. The molecule has 2 nitrogen and oxygen atoms in total. The molecular formula is C61H44N2. The van der Waals surface area contributed by atoms with Crippen molar-refractivity contribution < 1.29 is 0 Å². The number of rotatable bonds is 7. The number of hydrogen-bond acceptors (Lipinski definition) is 1. The third-order valence-electron chi connectivity index (χ3n) is 13.4. The zero-order chi connectivity index (χ0) is 42.1. The molecule has 63 heavy (non-hydrogen) atoms. The Morgan fingerprint density at radius 3 is 1.70 bits per heavy atom. The minimum Gasteiger partial charge on any atom is -0.310 e. The van der Waals surface area contributed by atoms with Crippen molar-refractivity contribution in [2.75, 3.05) is 4.90 Å². The van der Waals surface area contributed by atoms with E-state index in [1.807, 2.05) is 0 Å². The van der Waals surface area contributed by atoms with Crippen molar-refractivity contribution in [2.45, 2.75) is 19.3 Å². The van der Waals surface area contributed by atoms with Crippen LogP contribution in [0.4, 0.5) is 17.1 Å². The van der Waals surface area contributed by atoms with Crippen molar-refractivity contribution in [3.8, 4) is 50.2 Å². The molecule has 0 spiro atoms. The van der Waals surface area contributed by atoms with Crippen LogP contribution in [-0.2, 0) is 5.41 Å². The first-order valence-corrected chi connectivity index (χ1v) is 21.9. The maximum atomic E-state index is 2.45. The van der Waals surface area contributed by atoms with Crippen LogP contribution in [0.1, 0.15) is 25.0 Å². The molecule has 1 heterocycles. The summed E-state index contributed by atoms with van der Waals surface area (Å²) < 4.78 is 2.45. The molecule has 1 aromatic heterocycles. The molecule has 0 bridgehead atoms. The lowest BCUT2D eigenvalue weighted by molar-refractivity contribution is 0.660. The first-order valence-electron chi connectivity index (χ1n) is 21.9. The zero-order valence-electron chi connectivity index (χ0n) is 35.3. The Morgan fingerprint density at radius 2 is 0.889 bits per heavy atom. The van der Waals surface area contributed by atoms with Gasteiger partial charge in [0.25, 0.3) is 0 Å². The zero-order valence-corrected chi connectivity index (χ0v) is 35.3. The molecule has 298 valence electrons. The summed E-state index contributed by atoms with van der Waals surface area (Å²) in [4.78, 5) is 2.41. The third kappa shape index (κ3) is 6.02. The van der Waals surface area contributed by atoms with Crippen LogP contribution in [-0.4, -0.2) is 4.57 Å². The summed E-state index contributed by atoms with van der Waals surface area (Å²) in [5.74, 6) is 0. The fourth-order valence-electron chi connectivity index (χ4n) is 10.3. The average Bonchev–Trinajstić information content (AvgIpc) is 3.79. The summed E-state index contributed by atoms with van der Waals surface area (Å²) in [6.07, 6.45) is 0. The van der Waals surface area contributed by atoms with Crippen LogP contribution in [0.2, 0.25) is 0 Å². The van der Waals surface area contributed by atoms with Crippen LogP contribution in [0, 0.1) is 0 Å². The second-order valence-corrected chi connectivity index (χ2v) is 17.3. The van der Waals surface area contributed by atoms with Gasteiger partial charge in [-0.25, -0.2) is 0 Å². The van der Waals surface area contributed by atoms with E-state index < -0.39 is 0 Å². The molecule has 2 heteroatoms. The van der Waals surface area contributed by atoms with E-state index >= 15 is 0 Å². The predicted molar refractivity (Wildman–Crippen MR) is 267 cm³/mol. The molecule has 12 rings (SSSR count). The quantitative estimate of drug-likeness (QED) is 0.156. The Hall–Kier alpha value is -7.94. The molecule has 0 unspecified atom stereocenters. The van der Waals surface area contributed by atoms with Gasteiger partial charge in [-0.15, -0.1) is 0 Å². The van der Waals surface area contributed by atoms with Crippen molar-refractivity contribution in [3.05, 3.63) is 242 Å². The lowest BCUT2D eigenvalue weighted by Gasteiger charge is -2.28. The SMILES string of the molecule is CC1(C)c2ccccc2-c2ccc(N(c3ccc(-c4ccccc4)cc3)c3ccc(-c4ccccc4-n4c5ccccc5c5cc(-c6cccc7ccccc67)ccc54)cc3)cc21. The highest BCUT2D eigenvalue weighted by Crippen LogP contribution is 2.51. The molecule has 0 atom stereocenters. The van der Waals surface area contributed by atoms with Crippen LogP contribution < -0.4 is 4.90 Å². The second-order valence-electron chi connectivity index (χ2n) is 17.3. The number of fused-ring (bicyclic) bond motifs is 7. The van der Waals surface area contributed by atoms with Gasteiger partial charge in [-0.05, 0) is 122 Å². The molecule has 1 aliphatic rings. The molecular weight excluding hydrogens is 761 g/mol. The largest absolute Gasteiger partial charge is 0.310 e. The summed E-state index contributed by atoms with van der Waals surface area (Å²) >= 11 is 0. The molecule has 0 amide bonds. The van der Waals surface area contributed by atoms with Crippen LogP contribution in [0.15, 0.2) is 231 Å². The van der Waals surface area contributed by atoms with Gasteiger partial charge in [0.1, 0.15) is 0 Å². The lowest BCUT2D eigenvalue weighted by atomic mass is 9.82. The van der Waals surface area contributed by atoms with Gasteiger partial charge in [-0.2, -0.15) is 0 Å². The number of hydrogen-bond donors (Lipinski definition) is 0. The van der Waals surface area contributed by atoms with Gasteiger partial charge < -0.3 is 9.47 Å². The van der Waals surface area contributed by atoms with E-state index in [0.717, 1.165) is 28.3 Å². The number of para-hydroxylation sites is 2. The number of benzene rings is 10. The van der Waals surface area contributed by atoms with Crippen molar-refractivity contribution in [1.82, 2.24) is 4.57 Å². The van der Waals surface area contributed by atoms with E-state index in [4.69, 9.17) is 0 Å². The van der Waals surface area contributed by atoms with Gasteiger partial charge in [0.2, 0.25) is 0 Å². The molecule has 1 aliphatic carbocycles. The first kappa shape index (κ1) is 36.9. The second kappa shape index (κ2) is 14.6. The van der Waals surface area contributed by atoms with Crippen LogP contribution in [0.25, 0.3) is 82.8 Å². The summed E-state index contributed by atoms with van der Waals surface area (Å²) in [6, 6.07) is 84.6. The van der Waals surface area contributed by atoms with Gasteiger partial charge in [-0.1, -0.05) is 184 Å². The molecule has 0 saturated carbocycles. The number of nitrogens with zero attached hydrogens (tertiary/aromatic N) is 2. The van der Waals surface area contributed by atoms with Crippen molar-refractivity contribution in [2.24, 2.45) is 0 Å². The molecule has 0 radical (unpaired) electrons. The molecule has 0 aliphatic heterocycles. The van der Waals surface area contributed by atoms with E-state index in [1.165, 1.54) is 82.6 Å². The topological polar surface area (TPSA) is 8.17 Å². The van der Waals surface area contributed by atoms with Crippen LogP contribution >= 0.6 is 0 Å². The molecule has 0 N–H and O–H groups in total. The van der Waals surface area contributed by atoms with Crippen molar-refractivity contribution >= 4 is 49.6 Å². The molecule has 0 saturated heterocycles. The Kier molecular flexibility index (Phi) is 8.55. The normalized spacial score (nSPS) is 12.7. The van der Waals surface area contributed by atoms with Crippen molar-refractivity contribution in [3.63, 3.8) is 0 Å². The van der Waals surface area contributed by atoms with Gasteiger partial charge in [0.05, 0.1) is 16.7 Å². The maximum Gasteiger partial charge on any atom is 0.0541 e. The molecule has 10 aromatic carbocycles. The summed E-state index contributed by atoms with van der Waals surface area (Å²) in [7, 11) is 0. The van der Waals surface area contributed by atoms with Crippen LogP contribution in [0.3, 0.4) is 0 Å². The number of anilines is 3. The molecule has 11 aromatic rings. The lowest BCUT2D eigenvalue weighted by Crippen LogP contribution is -2.16. The third-order valence-corrected chi connectivity index (χ3v) is 13.4.